The van der Waals surface area contributed by atoms with Crippen molar-refractivity contribution in [2.75, 3.05) is 11.5 Å². The van der Waals surface area contributed by atoms with E-state index in [1.54, 1.807) is 0 Å². The Bertz CT molecular complexity index is 134. The Morgan fingerprint density at radius 3 is 1.39 bits per heavy atom. The number of rotatable bonds is 12. The van der Waals surface area contributed by atoms with Gasteiger partial charge in [0.2, 0.25) is 0 Å². The second-order valence-corrected chi connectivity index (χ2v) is 6.45. The molecule has 0 aliphatic carbocycles. The Morgan fingerprint density at radius 1 is 0.722 bits per heavy atom. The van der Waals surface area contributed by atoms with Crippen LogP contribution < -0.4 is 0 Å². The summed E-state index contributed by atoms with van der Waals surface area (Å²) in [5.41, 5.74) is 0. The smallest absolute Gasteiger partial charge is 0 e. The molecule has 0 heterocycles. The van der Waals surface area contributed by atoms with Crippen LogP contribution in [0.3, 0.4) is 0 Å². The average molecular weight is 354 g/mol. The quantitative estimate of drug-likeness (QED) is 0.379. The van der Waals surface area contributed by atoms with Crippen molar-refractivity contribution < 1.29 is 21.1 Å². The third-order valence-corrected chi connectivity index (χ3v) is 5.21. The van der Waals surface area contributed by atoms with E-state index >= 15 is 0 Å². The second kappa shape index (κ2) is 16.1. The summed E-state index contributed by atoms with van der Waals surface area (Å²) in [6.45, 7) is 9.32. The average Bonchev–Trinajstić information content (AvgIpc) is 2.37. The van der Waals surface area contributed by atoms with Gasteiger partial charge in [-0.15, -0.1) is 0 Å². The van der Waals surface area contributed by atoms with E-state index < -0.39 is 0 Å². The number of hydrogen-bond donors (Lipinski definition) is 0. The largest absolute Gasteiger partial charge is 0.161 e. The van der Waals surface area contributed by atoms with E-state index in [2.05, 4.69) is 39.5 Å². The zero-order valence-electron chi connectivity index (χ0n) is 13.0. The predicted octanol–water partition coefficient (Wildman–Crippen LogP) is 6.15. The molecule has 2 atom stereocenters. The van der Waals surface area contributed by atoms with Crippen LogP contribution in [0.15, 0.2) is 0 Å². The minimum Gasteiger partial charge on any atom is -0.161 e. The standard InChI is InChI=1S/C16H34S.Mo/c1-5-9-11-15(7-3)13-17-14-16(8-4)12-10-6-2;/h15-16H,5-14H2,1-4H3;. The van der Waals surface area contributed by atoms with Crippen LogP contribution in [0.25, 0.3) is 0 Å². The van der Waals surface area contributed by atoms with Crippen molar-refractivity contribution in [3.05, 3.63) is 0 Å². The monoisotopic (exact) mass is 356 g/mol. The fraction of sp³-hybridized carbons (Fsp3) is 1.00. The molecule has 0 rings (SSSR count). The number of hydrogen-bond acceptors (Lipinski definition) is 1. The molecule has 0 bridgehead atoms. The van der Waals surface area contributed by atoms with Gasteiger partial charge < -0.3 is 0 Å². The first-order valence-electron chi connectivity index (χ1n) is 7.86. The molecular weight excluding hydrogens is 320 g/mol. The van der Waals surface area contributed by atoms with E-state index in [1.165, 1.54) is 62.9 Å². The SMILES string of the molecule is CCCCC(CC)CSCC(CC)CCCC.[Mo]. The van der Waals surface area contributed by atoms with Crippen LogP contribution in [0.2, 0.25) is 0 Å². The molecule has 0 saturated carbocycles. The molecule has 2 heteroatoms. The third kappa shape index (κ3) is 12.1. The van der Waals surface area contributed by atoms with Crippen molar-refractivity contribution in [1.82, 2.24) is 0 Å². The van der Waals surface area contributed by atoms with E-state index in [9.17, 15) is 0 Å². The molecule has 0 N–H and O–H groups in total. The van der Waals surface area contributed by atoms with Gasteiger partial charge in [0.15, 0.2) is 0 Å². The Morgan fingerprint density at radius 2 is 1.11 bits per heavy atom. The zero-order valence-corrected chi connectivity index (χ0v) is 15.9. The van der Waals surface area contributed by atoms with E-state index in [4.69, 9.17) is 0 Å². The number of thioether (sulfide) groups is 1. The van der Waals surface area contributed by atoms with Gasteiger partial charge in [-0.05, 0) is 36.2 Å². The molecule has 0 radical (unpaired) electrons. The zero-order chi connectivity index (χ0) is 12.9. The van der Waals surface area contributed by atoms with Crippen molar-refractivity contribution >= 4 is 11.8 Å². The molecule has 0 aromatic rings. The maximum atomic E-state index is 2.36. The minimum atomic E-state index is 0. The summed E-state index contributed by atoms with van der Waals surface area (Å²) in [6.07, 6.45) is 11.2. The molecule has 0 saturated heterocycles. The topological polar surface area (TPSA) is 0 Å². The van der Waals surface area contributed by atoms with Crippen molar-refractivity contribution in [2.45, 2.75) is 79.1 Å². The van der Waals surface area contributed by atoms with Gasteiger partial charge in [0.05, 0.1) is 0 Å². The minimum absolute atomic E-state index is 0. The van der Waals surface area contributed by atoms with Crippen molar-refractivity contribution in [1.29, 1.82) is 0 Å². The molecule has 18 heavy (non-hydrogen) atoms. The van der Waals surface area contributed by atoms with E-state index in [0.717, 1.165) is 11.8 Å². The van der Waals surface area contributed by atoms with Gasteiger partial charge in [0.25, 0.3) is 0 Å². The van der Waals surface area contributed by atoms with Crippen molar-refractivity contribution in [2.24, 2.45) is 11.8 Å². The Balaban J connectivity index is 0. The van der Waals surface area contributed by atoms with Crippen LogP contribution in [-0.4, -0.2) is 11.5 Å². The molecule has 0 nitrogen and oxygen atoms in total. The van der Waals surface area contributed by atoms with Gasteiger partial charge in [0, 0.05) is 21.1 Å². The second-order valence-electron chi connectivity index (χ2n) is 5.37. The van der Waals surface area contributed by atoms with Gasteiger partial charge in [-0.2, -0.15) is 11.8 Å². The first-order chi connectivity index (χ1) is 8.28. The summed E-state index contributed by atoms with van der Waals surface area (Å²) in [5, 5.41) is 0. The third-order valence-electron chi connectivity index (χ3n) is 3.79. The fourth-order valence-electron chi connectivity index (χ4n) is 2.20. The summed E-state index contributed by atoms with van der Waals surface area (Å²) in [5.74, 6) is 4.75. The van der Waals surface area contributed by atoms with Crippen molar-refractivity contribution in [3.8, 4) is 0 Å². The van der Waals surface area contributed by atoms with Crippen molar-refractivity contribution in [3.63, 3.8) is 0 Å². The molecule has 0 aliphatic rings. The Kier molecular flexibility index (Phi) is 19.1. The van der Waals surface area contributed by atoms with Gasteiger partial charge in [-0.25, -0.2) is 0 Å². The van der Waals surface area contributed by atoms with Crippen LogP contribution in [0.5, 0.6) is 0 Å². The summed E-state index contributed by atoms with van der Waals surface area (Å²) in [6, 6.07) is 0. The molecule has 0 spiro atoms. The van der Waals surface area contributed by atoms with E-state index in [1.807, 2.05) is 0 Å². The predicted molar refractivity (Wildman–Crippen MR) is 83.9 cm³/mol. The molecular formula is C16H34MoS. The molecule has 0 amide bonds. The molecule has 0 aromatic carbocycles. The van der Waals surface area contributed by atoms with Crippen LogP contribution in [0.1, 0.15) is 79.1 Å². The summed E-state index contributed by atoms with van der Waals surface area (Å²) in [4.78, 5) is 0. The first kappa shape index (κ1) is 21.3. The van der Waals surface area contributed by atoms with Crippen LogP contribution in [0, 0.1) is 11.8 Å². The molecule has 0 aliphatic heterocycles. The van der Waals surface area contributed by atoms with E-state index in [0.29, 0.717) is 0 Å². The molecule has 0 fully saturated rings. The van der Waals surface area contributed by atoms with Gasteiger partial charge in [0.1, 0.15) is 0 Å². The van der Waals surface area contributed by atoms with Crippen LogP contribution >= 0.6 is 11.8 Å². The molecule has 2 unspecified atom stereocenters. The Labute approximate surface area is 135 Å². The fourth-order valence-corrected chi connectivity index (χ4v) is 3.81. The maximum absolute atomic E-state index is 2.36. The summed E-state index contributed by atoms with van der Waals surface area (Å²) >= 11 is 2.22. The van der Waals surface area contributed by atoms with Gasteiger partial charge in [-0.3, -0.25) is 0 Å². The van der Waals surface area contributed by atoms with Crippen LogP contribution in [-0.2, 0) is 21.1 Å². The maximum Gasteiger partial charge on any atom is 0 e. The molecule has 110 valence electrons. The van der Waals surface area contributed by atoms with E-state index in [-0.39, 0.29) is 21.1 Å². The number of unbranched alkanes of at least 4 members (excludes halogenated alkanes) is 2. The summed E-state index contributed by atoms with van der Waals surface area (Å²) in [7, 11) is 0. The van der Waals surface area contributed by atoms with Crippen LogP contribution in [0.4, 0.5) is 0 Å². The molecule has 0 aromatic heterocycles. The normalized spacial score (nSPS) is 14.0. The van der Waals surface area contributed by atoms with Gasteiger partial charge >= 0.3 is 0 Å². The summed E-state index contributed by atoms with van der Waals surface area (Å²) < 4.78 is 0. The van der Waals surface area contributed by atoms with Gasteiger partial charge in [-0.1, -0.05) is 66.2 Å². The first-order valence-corrected chi connectivity index (χ1v) is 9.01. The Hall–Kier alpha value is 1.04.